The van der Waals surface area contributed by atoms with Crippen LogP contribution in [0.5, 0.6) is 0 Å². The fraction of sp³-hybridized carbons (Fsp3) is 0.636. The number of carboxylic acids is 1. The first-order valence-electron chi connectivity index (χ1n) is 5.82. The van der Waals surface area contributed by atoms with E-state index in [9.17, 15) is 9.59 Å². The highest BCUT2D eigenvalue weighted by atomic mass is 16.4. The molecule has 0 fully saturated rings. The molecule has 1 amide bonds. The van der Waals surface area contributed by atoms with Crippen molar-refractivity contribution >= 4 is 11.9 Å². The zero-order chi connectivity index (χ0) is 13.7. The Morgan fingerprint density at radius 3 is 2.56 bits per heavy atom. The van der Waals surface area contributed by atoms with E-state index in [0.29, 0.717) is 5.82 Å². The lowest BCUT2D eigenvalue weighted by atomic mass is 10.1. The number of hydrogen-bond acceptors (Lipinski definition) is 4. The summed E-state index contributed by atoms with van der Waals surface area (Å²) in [6.07, 6.45) is 0.0194. The van der Waals surface area contributed by atoms with Crippen LogP contribution >= 0.6 is 0 Å². The van der Waals surface area contributed by atoms with Crippen LogP contribution in [0.3, 0.4) is 0 Å². The molecule has 1 rings (SSSR count). The number of nitrogens with one attached hydrogen (secondary N) is 2. The molecular formula is C11H18N4O3. The number of H-pyrrole nitrogens is 1. The van der Waals surface area contributed by atoms with Crippen molar-refractivity contribution in [2.24, 2.45) is 5.92 Å². The maximum Gasteiger partial charge on any atom is 0.303 e. The van der Waals surface area contributed by atoms with Gasteiger partial charge in [0, 0.05) is 18.9 Å². The Morgan fingerprint density at radius 2 is 2.06 bits per heavy atom. The molecule has 0 aliphatic rings. The van der Waals surface area contributed by atoms with Crippen LogP contribution in [0.15, 0.2) is 0 Å². The number of carbonyl (C=O) groups excluding carboxylic acids is 1. The summed E-state index contributed by atoms with van der Waals surface area (Å²) in [5, 5.41) is 17.7. The van der Waals surface area contributed by atoms with Gasteiger partial charge in [-0.2, -0.15) is 0 Å². The average Bonchev–Trinajstić information content (AvgIpc) is 2.74. The van der Waals surface area contributed by atoms with Crippen LogP contribution < -0.4 is 5.32 Å². The lowest BCUT2D eigenvalue weighted by Gasteiger charge is -2.08. The molecule has 1 unspecified atom stereocenters. The van der Waals surface area contributed by atoms with Crippen LogP contribution in [0, 0.1) is 5.92 Å². The molecule has 7 heteroatoms. The molecule has 0 radical (unpaired) electrons. The number of rotatable bonds is 6. The van der Waals surface area contributed by atoms with E-state index in [2.05, 4.69) is 20.5 Å². The molecule has 0 saturated carbocycles. The third-order valence-electron chi connectivity index (χ3n) is 2.39. The summed E-state index contributed by atoms with van der Waals surface area (Å²) < 4.78 is 0. The number of aromatic amines is 1. The molecule has 0 aliphatic carbocycles. The van der Waals surface area contributed by atoms with Crippen LogP contribution in [0.4, 0.5) is 0 Å². The molecule has 1 heterocycles. The summed E-state index contributed by atoms with van der Waals surface area (Å²) in [6.45, 7) is 5.93. The van der Waals surface area contributed by atoms with Crippen LogP contribution in [-0.4, -0.2) is 38.7 Å². The second-order valence-corrected chi connectivity index (χ2v) is 4.61. The number of aliphatic carboxylic acids is 1. The van der Waals surface area contributed by atoms with Crippen molar-refractivity contribution in [3.63, 3.8) is 0 Å². The Balaban J connectivity index is 2.47. The van der Waals surface area contributed by atoms with Crippen molar-refractivity contribution < 1.29 is 14.7 Å². The third-order valence-corrected chi connectivity index (χ3v) is 2.39. The SMILES string of the molecule is CC(CNC(=O)c1n[nH]c(C(C)C)n1)CC(=O)O. The van der Waals surface area contributed by atoms with E-state index in [1.54, 1.807) is 6.92 Å². The van der Waals surface area contributed by atoms with Gasteiger partial charge in [0.05, 0.1) is 0 Å². The second-order valence-electron chi connectivity index (χ2n) is 4.61. The smallest absolute Gasteiger partial charge is 0.303 e. The van der Waals surface area contributed by atoms with Crippen LogP contribution in [-0.2, 0) is 4.79 Å². The van der Waals surface area contributed by atoms with E-state index < -0.39 is 11.9 Å². The number of hydrogen-bond donors (Lipinski definition) is 3. The molecule has 0 aromatic carbocycles. The van der Waals surface area contributed by atoms with Gasteiger partial charge < -0.3 is 10.4 Å². The predicted octanol–water partition coefficient (Wildman–Crippen LogP) is 0.769. The van der Waals surface area contributed by atoms with Gasteiger partial charge in [-0.05, 0) is 5.92 Å². The summed E-state index contributed by atoms with van der Waals surface area (Å²) in [5.41, 5.74) is 0. The zero-order valence-electron chi connectivity index (χ0n) is 10.7. The van der Waals surface area contributed by atoms with Crippen LogP contribution in [0.1, 0.15) is 49.6 Å². The maximum atomic E-state index is 11.7. The molecule has 3 N–H and O–H groups in total. The Kier molecular flexibility index (Phi) is 4.82. The summed E-state index contributed by atoms with van der Waals surface area (Å²) in [5.74, 6) is -0.493. The van der Waals surface area contributed by atoms with Crippen molar-refractivity contribution in [3.05, 3.63) is 11.6 Å². The molecular weight excluding hydrogens is 236 g/mol. The molecule has 100 valence electrons. The Morgan fingerprint density at radius 1 is 1.39 bits per heavy atom. The lowest BCUT2D eigenvalue weighted by molar-refractivity contribution is -0.137. The van der Waals surface area contributed by atoms with Gasteiger partial charge in [0.2, 0.25) is 5.82 Å². The first-order valence-corrected chi connectivity index (χ1v) is 5.82. The van der Waals surface area contributed by atoms with E-state index in [0.717, 1.165) is 0 Å². The summed E-state index contributed by atoms with van der Waals surface area (Å²) in [4.78, 5) is 26.2. The Bertz CT molecular complexity index is 428. The normalized spacial score (nSPS) is 12.4. The maximum absolute atomic E-state index is 11.7. The van der Waals surface area contributed by atoms with Gasteiger partial charge in [0.15, 0.2) is 0 Å². The number of carbonyl (C=O) groups is 2. The number of carboxylic acid groups (broad SMARTS) is 1. The predicted molar refractivity (Wildman–Crippen MR) is 64.2 cm³/mol. The Hall–Kier alpha value is -1.92. The van der Waals surface area contributed by atoms with Crippen LogP contribution in [0.2, 0.25) is 0 Å². The van der Waals surface area contributed by atoms with Crippen molar-refractivity contribution in [1.29, 1.82) is 0 Å². The fourth-order valence-electron chi connectivity index (χ4n) is 1.35. The molecule has 0 spiro atoms. The average molecular weight is 254 g/mol. The minimum atomic E-state index is -0.878. The van der Waals surface area contributed by atoms with E-state index >= 15 is 0 Å². The van der Waals surface area contributed by atoms with Crippen molar-refractivity contribution in [2.45, 2.75) is 33.1 Å². The topological polar surface area (TPSA) is 108 Å². The van der Waals surface area contributed by atoms with Gasteiger partial charge in [0.1, 0.15) is 5.82 Å². The minimum Gasteiger partial charge on any atom is -0.481 e. The quantitative estimate of drug-likeness (QED) is 0.694. The van der Waals surface area contributed by atoms with E-state index in [1.807, 2.05) is 13.8 Å². The van der Waals surface area contributed by atoms with Gasteiger partial charge >= 0.3 is 5.97 Å². The third kappa shape index (κ3) is 4.15. The summed E-state index contributed by atoms with van der Waals surface area (Å²) >= 11 is 0. The van der Waals surface area contributed by atoms with Crippen molar-refractivity contribution in [3.8, 4) is 0 Å². The molecule has 1 aromatic rings. The van der Waals surface area contributed by atoms with Gasteiger partial charge in [-0.3, -0.25) is 14.7 Å². The number of nitrogens with zero attached hydrogens (tertiary/aromatic N) is 2. The van der Waals surface area contributed by atoms with Gasteiger partial charge in [-0.1, -0.05) is 20.8 Å². The Labute approximate surface area is 105 Å². The highest BCUT2D eigenvalue weighted by Gasteiger charge is 2.15. The lowest BCUT2D eigenvalue weighted by Crippen LogP contribution is -2.30. The highest BCUT2D eigenvalue weighted by Crippen LogP contribution is 2.07. The molecule has 18 heavy (non-hydrogen) atoms. The number of aromatic nitrogens is 3. The zero-order valence-corrected chi connectivity index (χ0v) is 10.7. The first kappa shape index (κ1) is 14.1. The highest BCUT2D eigenvalue weighted by molar-refractivity contribution is 5.90. The van der Waals surface area contributed by atoms with Crippen molar-refractivity contribution in [2.75, 3.05) is 6.54 Å². The molecule has 1 atom stereocenters. The van der Waals surface area contributed by atoms with E-state index in [1.165, 1.54) is 0 Å². The first-order chi connectivity index (χ1) is 8.40. The fourth-order valence-corrected chi connectivity index (χ4v) is 1.35. The van der Waals surface area contributed by atoms with Gasteiger partial charge in [-0.25, -0.2) is 4.98 Å². The number of amides is 1. The minimum absolute atomic E-state index is 0.0194. The van der Waals surface area contributed by atoms with Crippen molar-refractivity contribution in [1.82, 2.24) is 20.5 Å². The molecule has 0 aliphatic heterocycles. The standard InChI is InChI=1S/C11H18N4O3/c1-6(2)9-13-10(15-14-9)11(18)12-5-7(3)4-8(16)17/h6-7H,4-5H2,1-3H3,(H,12,18)(H,16,17)(H,13,14,15). The summed E-state index contributed by atoms with van der Waals surface area (Å²) in [7, 11) is 0. The van der Waals surface area contributed by atoms with Gasteiger partial charge in [-0.15, -0.1) is 5.10 Å². The molecule has 1 aromatic heterocycles. The monoisotopic (exact) mass is 254 g/mol. The molecule has 7 nitrogen and oxygen atoms in total. The van der Waals surface area contributed by atoms with Crippen LogP contribution in [0.25, 0.3) is 0 Å². The molecule has 0 saturated heterocycles. The van der Waals surface area contributed by atoms with E-state index in [-0.39, 0.29) is 30.6 Å². The largest absolute Gasteiger partial charge is 0.481 e. The second kappa shape index (κ2) is 6.13. The van der Waals surface area contributed by atoms with E-state index in [4.69, 9.17) is 5.11 Å². The molecule has 0 bridgehead atoms. The van der Waals surface area contributed by atoms with Gasteiger partial charge in [0.25, 0.3) is 5.91 Å². The summed E-state index contributed by atoms with van der Waals surface area (Å²) in [6, 6.07) is 0.